The molecule has 18 heavy (non-hydrogen) atoms. The van der Waals surface area contributed by atoms with E-state index in [9.17, 15) is 0 Å². The quantitative estimate of drug-likeness (QED) is 0.733. The van der Waals surface area contributed by atoms with E-state index in [1.807, 2.05) is 25.1 Å². The van der Waals surface area contributed by atoms with Gasteiger partial charge < -0.3 is 4.84 Å². The number of thioether (sulfide) groups is 1. The molecule has 0 radical (unpaired) electrons. The zero-order valence-corrected chi connectivity index (χ0v) is 12.8. The van der Waals surface area contributed by atoms with E-state index in [4.69, 9.17) is 39.6 Å². The van der Waals surface area contributed by atoms with Gasteiger partial charge in [-0.3, -0.25) is 0 Å². The summed E-state index contributed by atoms with van der Waals surface area (Å²) < 4.78 is 0. The molecule has 0 N–H and O–H groups in total. The molecule has 1 heterocycles. The first-order valence-corrected chi connectivity index (χ1v) is 7.68. The minimum absolute atomic E-state index is 0.381. The van der Waals surface area contributed by atoms with Crippen LogP contribution >= 0.6 is 46.6 Å². The molecule has 1 aliphatic rings. The Kier molecular flexibility index (Phi) is 4.70. The molecule has 1 aromatic carbocycles. The van der Waals surface area contributed by atoms with Crippen LogP contribution in [0.3, 0.4) is 0 Å². The van der Waals surface area contributed by atoms with Crippen LogP contribution in [0, 0.1) is 0 Å². The molecule has 2 rings (SSSR count). The lowest BCUT2D eigenvalue weighted by atomic mass is 10.1. The van der Waals surface area contributed by atoms with E-state index in [0.29, 0.717) is 21.7 Å². The lowest BCUT2D eigenvalue weighted by Gasteiger charge is -2.16. The Morgan fingerprint density at radius 3 is 2.61 bits per heavy atom. The fraction of sp³-hybridized carbons (Fsp3) is 0.417. The molecule has 2 nitrogen and oxygen atoms in total. The van der Waals surface area contributed by atoms with E-state index < -0.39 is 0 Å². The zero-order chi connectivity index (χ0) is 13.2. The number of hydrogen-bond donors (Lipinski definition) is 0. The molecule has 0 spiro atoms. The fourth-order valence-electron chi connectivity index (χ4n) is 1.52. The number of benzene rings is 1. The Morgan fingerprint density at radius 1 is 1.39 bits per heavy atom. The summed E-state index contributed by atoms with van der Waals surface area (Å²) in [5.41, 5.74) is 0.543. The van der Waals surface area contributed by atoms with Crippen LogP contribution in [0.15, 0.2) is 23.4 Å². The minimum atomic E-state index is -0.381. The molecule has 1 aromatic rings. The highest BCUT2D eigenvalue weighted by atomic mass is 35.5. The Hall–Kier alpha value is -0.0900. The Morgan fingerprint density at radius 2 is 2.06 bits per heavy atom. The number of oxime groups is 1. The van der Waals surface area contributed by atoms with Gasteiger partial charge in [0.1, 0.15) is 5.04 Å². The summed E-state index contributed by atoms with van der Waals surface area (Å²) in [5, 5.41) is 6.32. The molecule has 6 heteroatoms. The molecule has 0 saturated heterocycles. The molecule has 0 saturated carbocycles. The molecule has 98 valence electrons. The van der Waals surface area contributed by atoms with Crippen LogP contribution in [0.25, 0.3) is 0 Å². The third-order valence-electron chi connectivity index (χ3n) is 2.62. The molecule has 0 amide bonds. The number of rotatable bonds is 3. The highest BCUT2D eigenvalue weighted by Crippen LogP contribution is 2.33. The predicted molar refractivity (Wildman–Crippen MR) is 80.0 cm³/mol. The summed E-state index contributed by atoms with van der Waals surface area (Å²) in [7, 11) is 0. The second-order valence-electron chi connectivity index (χ2n) is 4.33. The van der Waals surface area contributed by atoms with Gasteiger partial charge in [0.05, 0.1) is 5.88 Å². The van der Waals surface area contributed by atoms with Gasteiger partial charge >= 0.3 is 0 Å². The van der Waals surface area contributed by atoms with Gasteiger partial charge in [-0.1, -0.05) is 34.4 Å². The van der Waals surface area contributed by atoms with E-state index in [1.165, 1.54) is 0 Å². The van der Waals surface area contributed by atoms with Crippen molar-refractivity contribution >= 4 is 51.6 Å². The van der Waals surface area contributed by atoms with E-state index in [2.05, 4.69) is 5.16 Å². The summed E-state index contributed by atoms with van der Waals surface area (Å²) >= 11 is 19.6. The number of nitrogens with zero attached hydrogens (tertiary/aromatic N) is 1. The summed E-state index contributed by atoms with van der Waals surface area (Å²) in [5.74, 6) is 1.10. The summed E-state index contributed by atoms with van der Waals surface area (Å²) in [6.45, 7) is 1.94. The third kappa shape index (κ3) is 3.27. The summed E-state index contributed by atoms with van der Waals surface area (Å²) in [6, 6.07) is 5.50. The van der Waals surface area contributed by atoms with Crippen molar-refractivity contribution in [2.45, 2.75) is 24.7 Å². The Balaban J connectivity index is 1.97. The summed E-state index contributed by atoms with van der Waals surface area (Å²) in [6.07, 6.45) is 0.725. The number of halogens is 3. The molecule has 1 unspecified atom stereocenters. The lowest BCUT2D eigenvalue weighted by molar-refractivity contribution is 0.0152. The molecular weight excluding hydrogens is 313 g/mol. The smallest absolute Gasteiger partial charge is 0.154 e. The molecular formula is C12H12Cl3NOS. The van der Waals surface area contributed by atoms with Crippen molar-refractivity contribution in [1.29, 1.82) is 0 Å². The van der Waals surface area contributed by atoms with Crippen molar-refractivity contribution in [3.05, 3.63) is 33.8 Å². The van der Waals surface area contributed by atoms with Crippen LogP contribution in [0.4, 0.5) is 0 Å². The van der Waals surface area contributed by atoms with Gasteiger partial charge in [0.15, 0.2) is 5.60 Å². The van der Waals surface area contributed by atoms with Gasteiger partial charge in [-0.05, 0) is 24.6 Å². The van der Waals surface area contributed by atoms with Crippen LogP contribution in [-0.2, 0) is 10.6 Å². The molecule has 1 atom stereocenters. The van der Waals surface area contributed by atoms with Crippen LogP contribution in [-0.4, -0.2) is 16.5 Å². The maximum atomic E-state index is 6.11. The van der Waals surface area contributed by atoms with Crippen molar-refractivity contribution in [2.24, 2.45) is 5.16 Å². The highest BCUT2D eigenvalue weighted by Gasteiger charge is 2.33. The average Bonchev–Trinajstić information content (AvgIpc) is 2.72. The average molecular weight is 325 g/mol. The second-order valence-corrected chi connectivity index (χ2v) is 6.46. The van der Waals surface area contributed by atoms with Gasteiger partial charge in [-0.2, -0.15) is 0 Å². The Labute approximate surface area is 126 Å². The van der Waals surface area contributed by atoms with Crippen molar-refractivity contribution in [2.75, 3.05) is 5.88 Å². The zero-order valence-electron chi connectivity index (χ0n) is 9.75. The minimum Gasteiger partial charge on any atom is -0.387 e. The molecule has 0 aromatic heterocycles. The van der Waals surface area contributed by atoms with E-state index in [1.54, 1.807) is 11.8 Å². The van der Waals surface area contributed by atoms with Gasteiger partial charge in [0.25, 0.3) is 0 Å². The topological polar surface area (TPSA) is 21.6 Å². The van der Waals surface area contributed by atoms with E-state index in [-0.39, 0.29) is 5.60 Å². The molecule has 0 bridgehead atoms. The van der Waals surface area contributed by atoms with Crippen molar-refractivity contribution in [3.63, 3.8) is 0 Å². The van der Waals surface area contributed by atoms with Gasteiger partial charge in [-0.25, -0.2) is 0 Å². The second kappa shape index (κ2) is 5.91. The maximum absolute atomic E-state index is 6.11. The normalized spacial score (nSPS) is 22.8. The largest absolute Gasteiger partial charge is 0.387 e. The summed E-state index contributed by atoms with van der Waals surface area (Å²) in [4.78, 5) is 5.32. The van der Waals surface area contributed by atoms with Crippen LogP contribution in [0.1, 0.15) is 18.9 Å². The van der Waals surface area contributed by atoms with E-state index in [0.717, 1.165) is 17.0 Å². The van der Waals surface area contributed by atoms with E-state index >= 15 is 0 Å². The monoisotopic (exact) mass is 323 g/mol. The van der Waals surface area contributed by atoms with Crippen LogP contribution in [0.5, 0.6) is 0 Å². The predicted octanol–water partition coefficient (Wildman–Crippen LogP) is 4.96. The van der Waals surface area contributed by atoms with Crippen molar-refractivity contribution in [3.8, 4) is 0 Å². The number of alkyl halides is 1. The lowest BCUT2D eigenvalue weighted by Crippen LogP contribution is -2.26. The first kappa shape index (κ1) is 14.3. The van der Waals surface area contributed by atoms with Crippen LogP contribution in [0.2, 0.25) is 10.0 Å². The van der Waals surface area contributed by atoms with Gasteiger partial charge in [0.2, 0.25) is 0 Å². The number of hydrogen-bond acceptors (Lipinski definition) is 3. The van der Waals surface area contributed by atoms with Crippen molar-refractivity contribution < 1.29 is 4.84 Å². The first-order valence-electron chi connectivity index (χ1n) is 5.41. The molecule has 0 aliphatic carbocycles. The van der Waals surface area contributed by atoms with Gasteiger partial charge in [-0.15, -0.1) is 23.4 Å². The van der Waals surface area contributed by atoms with Crippen LogP contribution < -0.4 is 0 Å². The highest BCUT2D eigenvalue weighted by molar-refractivity contribution is 8.13. The Bertz CT molecular complexity index is 460. The molecule has 0 fully saturated rings. The molecule has 1 aliphatic heterocycles. The van der Waals surface area contributed by atoms with Gasteiger partial charge in [0, 0.05) is 22.2 Å². The SMILES string of the molecule is CC1(CCl)CC(SCc2c(Cl)cccc2Cl)=NO1. The standard InChI is InChI=1S/C12H12Cl3NOS/c1-12(7-13)5-11(16-17-12)18-6-8-9(14)3-2-4-10(8)15/h2-4H,5-7H2,1H3. The first-order chi connectivity index (χ1) is 8.54. The van der Waals surface area contributed by atoms with Crippen molar-refractivity contribution in [1.82, 2.24) is 0 Å². The fourth-order valence-corrected chi connectivity index (χ4v) is 3.47. The third-order valence-corrected chi connectivity index (χ3v) is 4.88. The maximum Gasteiger partial charge on any atom is 0.154 e.